The molecule has 0 bridgehead atoms. The van der Waals surface area contributed by atoms with Gasteiger partial charge < -0.3 is 10.2 Å². The fourth-order valence-corrected chi connectivity index (χ4v) is 5.13. The number of fused-ring (bicyclic) bond motifs is 1. The first-order valence-corrected chi connectivity index (χ1v) is 13.6. The van der Waals surface area contributed by atoms with Crippen LogP contribution in [0.15, 0.2) is 66.9 Å². The topological polar surface area (TPSA) is 82.8 Å². The Bertz CT molecular complexity index is 1440. The summed E-state index contributed by atoms with van der Waals surface area (Å²) >= 11 is 0. The minimum Gasteiger partial charge on any atom is -0.323 e. The number of benzene rings is 2. The molecule has 0 saturated carbocycles. The quantitative estimate of drug-likeness (QED) is 0.433. The van der Waals surface area contributed by atoms with E-state index in [2.05, 4.69) is 46.5 Å². The van der Waals surface area contributed by atoms with Crippen molar-refractivity contribution in [3.63, 3.8) is 0 Å². The maximum Gasteiger partial charge on any atom is 0.245 e. The van der Waals surface area contributed by atoms with Gasteiger partial charge in [0.25, 0.3) is 0 Å². The van der Waals surface area contributed by atoms with Crippen LogP contribution in [0, 0.1) is 0 Å². The molecule has 5 rings (SSSR count). The van der Waals surface area contributed by atoms with Gasteiger partial charge in [0.15, 0.2) is 0 Å². The summed E-state index contributed by atoms with van der Waals surface area (Å²) in [5.41, 5.74) is 5.26. The average molecular weight is 491 g/mol. The van der Waals surface area contributed by atoms with Gasteiger partial charge >= 0.3 is 0 Å². The van der Waals surface area contributed by atoms with Crippen LogP contribution in [-0.2, 0) is 10.0 Å². The van der Waals surface area contributed by atoms with E-state index < -0.39 is 10.0 Å². The number of aromatic nitrogens is 3. The fourth-order valence-electron chi connectivity index (χ4n) is 4.62. The third kappa shape index (κ3) is 4.87. The van der Waals surface area contributed by atoms with Gasteiger partial charge in [0.2, 0.25) is 16.0 Å². The Morgan fingerprint density at radius 1 is 1.00 bits per heavy atom. The molecule has 4 aromatic rings. The molecule has 8 nitrogen and oxygen atoms in total. The van der Waals surface area contributed by atoms with E-state index in [-0.39, 0.29) is 0 Å². The molecule has 2 aromatic carbocycles. The van der Waals surface area contributed by atoms with Gasteiger partial charge in [-0.05, 0) is 74.8 Å². The third-order valence-corrected chi connectivity index (χ3v) is 7.96. The van der Waals surface area contributed by atoms with Gasteiger partial charge in [-0.1, -0.05) is 30.3 Å². The Morgan fingerprint density at radius 2 is 1.71 bits per heavy atom. The first-order chi connectivity index (χ1) is 16.8. The summed E-state index contributed by atoms with van der Waals surface area (Å²) in [7, 11) is 0.326. The number of rotatable bonds is 6. The molecule has 1 fully saturated rings. The summed E-state index contributed by atoms with van der Waals surface area (Å²) in [5.74, 6) is 1.08. The van der Waals surface area contributed by atoms with E-state index in [4.69, 9.17) is 5.10 Å². The second-order valence-corrected chi connectivity index (χ2v) is 11.2. The lowest BCUT2D eigenvalue weighted by Gasteiger charge is -2.29. The van der Waals surface area contributed by atoms with Crippen molar-refractivity contribution in [2.75, 3.05) is 43.1 Å². The van der Waals surface area contributed by atoms with E-state index in [1.54, 1.807) is 23.8 Å². The van der Waals surface area contributed by atoms with Crippen molar-refractivity contribution >= 4 is 32.9 Å². The molecule has 1 saturated heterocycles. The average Bonchev–Trinajstić information content (AvgIpc) is 3.27. The maximum atomic E-state index is 12.2. The lowest BCUT2D eigenvalue weighted by atomic mass is 9.89. The van der Waals surface area contributed by atoms with Crippen LogP contribution in [0.2, 0.25) is 0 Å². The summed E-state index contributed by atoms with van der Waals surface area (Å²) in [6.07, 6.45) is 5.34. The molecule has 1 aliphatic heterocycles. The number of hydrogen-bond donors (Lipinski definition) is 1. The Balaban J connectivity index is 1.42. The van der Waals surface area contributed by atoms with Gasteiger partial charge in [-0.2, -0.15) is 0 Å². The fraction of sp³-hybridized carbons (Fsp3) is 0.308. The number of hydrogen-bond acceptors (Lipinski definition) is 6. The molecule has 2 aromatic heterocycles. The molecule has 0 spiro atoms. The highest BCUT2D eigenvalue weighted by Gasteiger charge is 2.20. The highest BCUT2D eigenvalue weighted by molar-refractivity contribution is 7.92. The molecule has 0 atom stereocenters. The summed E-state index contributed by atoms with van der Waals surface area (Å²) in [6, 6.07) is 19.8. The number of nitrogens with one attached hydrogen (secondary N) is 1. The van der Waals surface area contributed by atoms with Crippen molar-refractivity contribution in [3.05, 3.63) is 72.4 Å². The Morgan fingerprint density at radius 3 is 2.43 bits per heavy atom. The van der Waals surface area contributed by atoms with E-state index in [9.17, 15) is 8.42 Å². The number of piperidine rings is 1. The first-order valence-electron chi connectivity index (χ1n) is 11.7. The molecule has 35 heavy (non-hydrogen) atoms. The monoisotopic (exact) mass is 490 g/mol. The van der Waals surface area contributed by atoms with Crippen molar-refractivity contribution in [2.45, 2.75) is 18.8 Å². The smallest absolute Gasteiger partial charge is 0.245 e. The molecule has 1 N–H and O–H groups in total. The predicted molar refractivity (Wildman–Crippen MR) is 141 cm³/mol. The van der Waals surface area contributed by atoms with E-state index in [0.29, 0.717) is 17.6 Å². The standard InChI is InChI=1S/C26H30N6O2S/c1-30-16-14-20(15-17-30)19-8-10-21(11-9-19)28-26-27-18-22-12-13-25(32(22)29-26)23-6-4-5-7-24(23)31(2)35(3,33)34/h4-13,18,20H,14-17H2,1-3H3,(H,28,29). The third-order valence-electron chi connectivity index (χ3n) is 6.77. The second-order valence-electron chi connectivity index (χ2n) is 9.21. The normalized spacial score (nSPS) is 15.4. The van der Waals surface area contributed by atoms with Gasteiger partial charge in [-0.25, -0.2) is 17.9 Å². The van der Waals surface area contributed by atoms with Crippen LogP contribution < -0.4 is 9.62 Å². The number of nitrogens with zero attached hydrogens (tertiary/aromatic N) is 5. The van der Waals surface area contributed by atoms with E-state index in [1.165, 1.54) is 29.0 Å². The van der Waals surface area contributed by atoms with Crippen LogP contribution in [0.4, 0.5) is 17.3 Å². The zero-order valence-corrected chi connectivity index (χ0v) is 21.0. The molecule has 0 unspecified atom stereocenters. The zero-order valence-electron chi connectivity index (χ0n) is 20.2. The van der Waals surface area contributed by atoms with E-state index in [1.807, 2.05) is 30.3 Å². The van der Waals surface area contributed by atoms with Crippen LogP contribution in [0.5, 0.6) is 0 Å². The maximum absolute atomic E-state index is 12.2. The lowest BCUT2D eigenvalue weighted by Crippen LogP contribution is -2.29. The van der Waals surface area contributed by atoms with Gasteiger partial charge in [0.1, 0.15) is 0 Å². The van der Waals surface area contributed by atoms with Crippen LogP contribution in [0.1, 0.15) is 24.3 Å². The first kappa shape index (κ1) is 23.3. The summed E-state index contributed by atoms with van der Waals surface area (Å²) in [4.78, 5) is 6.85. The van der Waals surface area contributed by atoms with E-state index in [0.717, 1.165) is 35.6 Å². The van der Waals surface area contributed by atoms with Crippen LogP contribution >= 0.6 is 0 Å². The zero-order chi connectivity index (χ0) is 24.6. The predicted octanol–water partition coefficient (Wildman–Crippen LogP) is 4.34. The van der Waals surface area contributed by atoms with Crippen LogP contribution in [0.3, 0.4) is 0 Å². The number of para-hydroxylation sites is 1. The summed E-state index contributed by atoms with van der Waals surface area (Å²) < 4.78 is 27.5. The minimum atomic E-state index is -3.41. The van der Waals surface area contributed by atoms with Crippen LogP contribution in [0.25, 0.3) is 16.8 Å². The molecule has 182 valence electrons. The Kier molecular flexibility index (Phi) is 6.21. The number of likely N-dealkylation sites (tertiary alicyclic amines) is 1. The van der Waals surface area contributed by atoms with Crippen molar-refractivity contribution in [3.8, 4) is 11.3 Å². The Hall–Kier alpha value is -3.43. The molecule has 3 heterocycles. The van der Waals surface area contributed by atoms with Gasteiger partial charge in [-0.3, -0.25) is 4.31 Å². The SMILES string of the molecule is CN1CCC(c2ccc(Nc3ncc4ccc(-c5ccccc5N(C)S(C)(=O)=O)n4n3)cc2)CC1. The molecule has 0 amide bonds. The lowest BCUT2D eigenvalue weighted by molar-refractivity contribution is 0.255. The molecule has 1 aliphatic rings. The largest absolute Gasteiger partial charge is 0.323 e. The molecule has 0 aliphatic carbocycles. The summed E-state index contributed by atoms with van der Waals surface area (Å²) in [6.45, 7) is 2.28. The van der Waals surface area contributed by atoms with Crippen molar-refractivity contribution in [2.24, 2.45) is 0 Å². The van der Waals surface area contributed by atoms with Crippen LogP contribution in [-0.4, -0.2) is 61.4 Å². The number of anilines is 3. The molecular formula is C26H30N6O2S. The molecule has 9 heteroatoms. The van der Waals surface area contributed by atoms with Gasteiger partial charge in [-0.15, -0.1) is 5.10 Å². The number of sulfonamides is 1. The molecule has 0 radical (unpaired) electrons. The molecular weight excluding hydrogens is 460 g/mol. The van der Waals surface area contributed by atoms with Crippen molar-refractivity contribution < 1.29 is 8.42 Å². The Labute approximate surface area is 206 Å². The summed E-state index contributed by atoms with van der Waals surface area (Å²) in [5, 5.41) is 8.02. The highest BCUT2D eigenvalue weighted by Crippen LogP contribution is 2.33. The minimum absolute atomic E-state index is 0.468. The van der Waals surface area contributed by atoms with Crippen molar-refractivity contribution in [1.82, 2.24) is 19.5 Å². The van der Waals surface area contributed by atoms with E-state index >= 15 is 0 Å². The highest BCUT2D eigenvalue weighted by atomic mass is 32.2. The second kappa shape index (κ2) is 9.31. The van der Waals surface area contributed by atoms with Gasteiger partial charge in [0, 0.05) is 18.3 Å². The van der Waals surface area contributed by atoms with Gasteiger partial charge in [0.05, 0.1) is 29.4 Å². The van der Waals surface area contributed by atoms with Crippen molar-refractivity contribution in [1.29, 1.82) is 0 Å².